The van der Waals surface area contributed by atoms with Crippen LogP contribution in [0.5, 0.6) is 0 Å². The summed E-state index contributed by atoms with van der Waals surface area (Å²) in [5.41, 5.74) is 0. The number of hydrogen-bond donors (Lipinski definition) is 1. The zero-order valence-electron chi connectivity index (χ0n) is 15.1. The summed E-state index contributed by atoms with van der Waals surface area (Å²) >= 11 is 0. The summed E-state index contributed by atoms with van der Waals surface area (Å²) in [6.45, 7) is 1.27. The number of hydrogen-bond acceptors (Lipinski definition) is 10. The predicted octanol–water partition coefficient (Wildman–Crippen LogP) is -5.67. The van der Waals surface area contributed by atoms with Gasteiger partial charge in [-0.3, -0.25) is 9.59 Å². The molecule has 2 aliphatic rings. The molecule has 3 amide bonds. The Morgan fingerprint density at radius 3 is 2.68 bits per heavy atom. The predicted molar refractivity (Wildman–Crippen MR) is 82.1 cm³/mol. The van der Waals surface area contributed by atoms with E-state index in [-0.39, 0.29) is 67.8 Å². The van der Waals surface area contributed by atoms with Crippen molar-refractivity contribution in [2.24, 2.45) is 0 Å². The first kappa shape index (κ1) is 22.6. The molecule has 3 rings (SSSR count). The molecule has 0 spiro atoms. The molecule has 2 atom stereocenters. The fourth-order valence-electron chi connectivity index (χ4n) is 3.02. The van der Waals surface area contributed by atoms with Gasteiger partial charge >= 0.3 is 35.6 Å². The Morgan fingerprint density at radius 2 is 2.07 bits per heavy atom. The molecular weight excluding hydrogens is 409 g/mol. The summed E-state index contributed by atoms with van der Waals surface area (Å²) in [4.78, 5) is 37.6. The van der Waals surface area contributed by atoms with E-state index in [2.05, 4.69) is 25.1 Å². The second-order valence-electron chi connectivity index (χ2n) is 6.13. The summed E-state index contributed by atoms with van der Waals surface area (Å²) in [6, 6.07) is -2.40. The normalized spacial score (nSPS) is 21.4. The van der Waals surface area contributed by atoms with Crippen LogP contribution in [0.3, 0.4) is 0 Å². The quantitative estimate of drug-likeness (QED) is 0.251. The molecule has 0 aliphatic carbocycles. The number of nitrogens with one attached hydrogen (secondary N) is 1. The van der Waals surface area contributed by atoms with Crippen LogP contribution in [0.2, 0.25) is 0 Å². The second-order valence-corrected chi connectivity index (χ2v) is 7.10. The summed E-state index contributed by atoms with van der Waals surface area (Å²) < 4.78 is 37.7. The molecular formula is C12H16N7NaO7S. The van der Waals surface area contributed by atoms with E-state index in [0.29, 0.717) is 10.9 Å². The first-order chi connectivity index (χ1) is 12.7. The monoisotopic (exact) mass is 425 g/mol. The van der Waals surface area contributed by atoms with E-state index in [9.17, 15) is 27.4 Å². The Morgan fingerprint density at radius 1 is 1.36 bits per heavy atom. The molecule has 2 bridgehead atoms. The van der Waals surface area contributed by atoms with Crippen molar-refractivity contribution in [2.75, 3.05) is 13.1 Å². The molecule has 16 heteroatoms. The number of carbonyl (C=O) groups is 3. The van der Waals surface area contributed by atoms with Crippen LogP contribution < -0.4 is 34.9 Å². The van der Waals surface area contributed by atoms with E-state index in [1.165, 1.54) is 4.68 Å². The maximum Gasteiger partial charge on any atom is 1.00 e. The summed E-state index contributed by atoms with van der Waals surface area (Å²) in [7, 11) is -5.10. The van der Waals surface area contributed by atoms with Crippen molar-refractivity contribution >= 4 is 28.1 Å². The molecule has 2 fully saturated rings. The molecule has 14 nitrogen and oxygen atoms in total. The smallest absolute Gasteiger partial charge is 0.724 e. The average Bonchev–Trinajstić information content (AvgIpc) is 3.09. The topological polar surface area (TPSA) is 180 Å². The van der Waals surface area contributed by atoms with Gasteiger partial charge in [-0.05, 0) is 30.2 Å². The number of hydroxylamine groups is 2. The number of aryl methyl sites for hydroxylation is 1. The van der Waals surface area contributed by atoms with Crippen LogP contribution in [-0.4, -0.2) is 86.0 Å². The fraction of sp³-hybridized carbons (Fsp3) is 0.667. The SMILES string of the molecule is Cc1nnnn1CC(=O)CNC(=O)[C@@H]1CC[C@@H]2CN1C(=O)N2OS(=O)(=O)[O-].[Na+]. The molecule has 148 valence electrons. The van der Waals surface area contributed by atoms with Gasteiger partial charge in [0.15, 0.2) is 5.78 Å². The molecule has 0 saturated carbocycles. The van der Waals surface area contributed by atoms with Gasteiger partial charge in [-0.15, -0.1) is 5.10 Å². The molecule has 3 heterocycles. The second kappa shape index (κ2) is 8.79. The van der Waals surface area contributed by atoms with Gasteiger partial charge in [0.25, 0.3) is 0 Å². The van der Waals surface area contributed by atoms with Crippen LogP contribution in [0, 0.1) is 6.92 Å². The van der Waals surface area contributed by atoms with Crippen molar-refractivity contribution in [3.05, 3.63) is 5.82 Å². The van der Waals surface area contributed by atoms with Crippen LogP contribution in [0.4, 0.5) is 4.79 Å². The van der Waals surface area contributed by atoms with Gasteiger partial charge in [0.2, 0.25) is 16.3 Å². The van der Waals surface area contributed by atoms with Gasteiger partial charge in [0.1, 0.15) is 18.4 Å². The Bertz CT molecular complexity index is 875. The largest absolute Gasteiger partial charge is 1.00 e. The van der Waals surface area contributed by atoms with Crippen LogP contribution in [0.15, 0.2) is 0 Å². The van der Waals surface area contributed by atoms with Crippen molar-refractivity contribution in [1.29, 1.82) is 0 Å². The number of piperidine rings is 1. The number of urea groups is 1. The number of carbonyl (C=O) groups excluding carboxylic acids is 3. The van der Waals surface area contributed by atoms with E-state index in [4.69, 9.17) is 0 Å². The van der Waals surface area contributed by atoms with E-state index in [1.807, 2.05) is 0 Å². The minimum absolute atomic E-state index is 0. The van der Waals surface area contributed by atoms with Crippen molar-refractivity contribution < 1.29 is 61.2 Å². The summed E-state index contributed by atoms with van der Waals surface area (Å²) in [6.07, 6.45) is 0.509. The molecule has 0 radical (unpaired) electrons. The van der Waals surface area contributed by atoms with Gasteiger partial charge in [0.05, 0.1) is 12.6 Å². The first-order valence-corrected chi connectivity index (χ1v) is 9.26. The Balaban J connectivity index is 0.00000280. The number of amides is 3. The zero-order valence-corrected chi connectivity index (χ0v) is 18.0. The molecule has 0 aromatic carbocycles. The van der Waals surface area contributed by atoms with E-state index >= 15 is 0 Å². The van der Waals surface area contributed by atoms with Gasteiger partial charge in [0, 0.05) is 6.54 Å². The fourth-order valence-corrected chi connectivity index (χ4v) is 3.41. The van der Waals surface area contributed by atoms with Gasteiger partial charge in [-0.25, -0.2) is 17.9 Å². The maximum absolute atomic E-state index is 12.4. The van der Waals surface area contributed by atoms with Crippen molar-refractivity contribution in [3.8, 4) is 0 Å². The molecule has 0 unspecified atom stereocenters. The molecule has 1 N–H and O–H groups in total. The number of nitrogens with zero attached hydrogens (tertiary/aromatic N) is 6. The van der Waals surface area contributed by atoms with E-state index in [1.54, 1.807) is 6.92 Å². The Kier molecular flexibility index (Phi) is 7.11. The third-order valence-corrected chi connectivity index (χ3v) is 4.64. The number of tetrazole rings is 1. The minimum atomic E-state index is -5.10. The number of rotatable bonds is 7. The van der Waals surface area contributed by atoms with Crippen LogP contribution in [-0.2, 0) is 30.8 Å². The number of ketones is 1. The molecule has 1 aromatic heterocycles. The van der Waals surface area contributed by atoms with Crippen molar-refractivity contribution in [3.63, 3.8) is 0 Å². The van der Waals surface area contributed by atoms with Crippen molar-refractivity contribution in [1.82, 2.24) is 35.5 Å². The zero-order chi connectivity index (χ0) is 19.8. The Labute approximate surface area is 181 Å². The first-order valence-electron chi connectivity index (χ1n) is 7.93. The minimum Gasteiger partial charge on any atom is -0.724 e. The van der Waals surface area contributed by atoms with E-state index in [0.717, 1.165) is 4.90 Å². The Hall–Kier alpha value is -1.65. The average molecular weight is 425 g/mol. The summed E-state index contributed by atoms with van der Waals surface area (Å²) in [5.74, 6) is -0.456. The number of fused-ring (bicyclic) bond motifs is 2. The third kappa shape index (κ3) is 5.03. The molecule has 28 heavy (non-hydrogen) atoms. The molecule has 1 aromatic rings. The van der Waals surface area contributed by atoms with Crippen LogP contribution >= 0.6 is 0 Å². The standard InChI is InChI=1S/C12H17N7O7S.Na/c1-7-14-15-16-18(7)6-9(20)4-13-11(21)10-3-2-8-5-17(10)12(22)19(8)26-27(23,24)25;/h8,10H,2-6H2,1H3,(H,13,21)(H,23,24,25);/q;+1/p-1/t8-,10+;/m1./s1. The molecule has 2 saturated heterocycles. The summed E-state index contributed by atoms with van der Waals surface area (Å²) in [5, 5.41) is 13.6. The number of Topliss-reactive ketones (excluding diaryl/α,β-unsaturated/α-hetero) is 1. The molecule has 2 aliphatic heterocycles. The van der Waals surface area contributed by atoms with Crippen LogP contribution in [0.25, 0.3) is 0 Å². The van der Waals surface area contributed by atoms with Crippen molar-refractivity contribution in [2.45, 2.75) is 38.4 Å². The maximum atomic E-state index is 12.4. The third-order valence-electron chi connectivity index (χ3n) is 4.29. The van der Waals surface area contributed by atoms with Crippen LogP contribution in [0.1, 0.15) is 18.7 Å². The van der Waals surface area contributed by atoms with Gasteiger partial charge in [-0.2, -0.15) is 9.35 Å². The van der Waals surface area contributed by atoms with Gasteiger partial charge in [-0.1, -0.05) is 0 Å². The number of aromatic nitrogens is 4. The van der Waals surface area contributed by atoms with Gasteiger partial charge < -0.3 is 14.8 Å². The van der Waals surface area contributed by atoms with E-state index < -0.39 is 34.4 Å².